The molecule has 0 saturated heterocycles. The zero-order chi connectivity index (χ0) is 24.0. The third-order valence-electron chi connectivity index (χ3n) is 4.35. The van der Waals surface area contributed by atoms with Crippen LogP contribution >= 0.6 is 11.6 Å². The minimum Gasteiger partial charge on any atom is -0.492 e. The van der Waals surface area contributed by atoms with Gasteiger partial charge < -0.3 is 15.4 Å². The lowest BCUT2D eigenvalue weighted by molar-refractivity contribution is -0.114. The van der Waals surface area contributed by atoms with Crippen LogP contribution in [0.25, 0.3) is 0 Å². The molecule has 0 aliphatic heterocycles. The number of anilines is 3. The molecule has 0 aliphatic carbocycles. The molecule has 0 unspecified atom stereocenters. The molecule has 0 fully saturated rings. The Bertz CT molecular complexity index is 1280. The molecule has 8 nitrogen and oxygen atoms in total. The van der Waals surface area contributed by atoms with Crippen molar-refractivity contribution in [1.29, 1.82) is 0 Å². The predicted octanol–water partition coefficient (Wildman–Crippen LogP) is 4.75. The monoisotopic (exact) mass is 487 g/mol. The van der Waals surface area contributed by atoms with Gasteiger partial charge in [-0.05, 0) is 67.6 Å². The number of ether oxygens (including phenoxy) is 1. The highest BCUT2D eigenvalue weighted by molar-refractivity contribution is 7.92. The zero-order valence-electron chi connectivity index (χ0n) is 17.9. The van der Waals surface area contributed by atoms with Crippen molar-refractivity contribution in [2.45, 2.75) is 18.7 Å². The Morgan fingerprint density at radius 3 is 2.30 bits per heavy atom. The van der Waals surface area contributed by atoms with Crippen molar-refractivity contribution >= 4 is 50.5 Å². The van der Waals surface area contributed by atoms with Gasteiger partial charge in [-0.3, -0.25) is 14.3 Å². The molecular formula is C23H22ClN3O5S. The number of nitrogens with one attached hydrogen (secondary N) is 3. The van der Waals surface area contributed by atoms with Gasteiger partial charge in [-0.15, -0.1) is 0 Å². The third kappa shape index (κ3) is 6.47. The molecule has 33 heavy (non-hydrogen) atoms. The number of rotatable bonds is 8. The Labute approximate surface area is 197 Å². The lowest BCUT2D eigenvalue weighted by Crippen LogP contribution is -2.16. The second-order valence-electron chi connectivity index (χ2n) is 6.92. The van der Waals surface area contributed by atoms with Gasteiger partial charge in [0.25, 0.3) is 15.9 Å². The van der Waals surface area contributed by atoms with Crippen LogP contribution in [0.2, 0.25) is 5.02 Å². The van der Waals surface area contributed by atoms with Crippen LogP contribution in [0.5, 0.6) is 5.75 Å². The largest absolute Gasteiger partial charge is 0.492 e. The van der Waals surface area contributed by atoms with Crippen molar-refractivity contribution in [2.24, 2.45) is 0 Å². The Morgan fingerprint density at radius 2 is 1.64 bits per heavy atom. The first-order valence-corrected chi connectivity index (χ1v) is 11.8. The quantitative estimate of drug-likeness (QED) is 0.424. The summed E-state index contributed by atoms with van der Waals surface area (Å²) in [6, 6.07) is 16.8. The van der Waals surface area contributed by atoms with Crippen molar-refractivity contribution in [1.82, 2.24) is 0 Å². The third-order valence-corrected chi connectivity index (χ3v) is 5.98. The minimum atomic E-state index is -4.01. The fourth-order valence-corrected chi connectivity index (χ4v) is 4.13. The molecule has 0 aliphatic rings. The molecule has 0 aromatic heterocycles. The second kappa shape index (κ2) is 10.4. The van der Waals surface area contributed by atoms with E-state index in [0.717, 1.165) is 0 Å². The summed E-state index contributed by atoms with van der Waals surface area (Å²) in [7, 11) is -4.01. The van der Waals surface area contributed by atoms with E-state index in [1.165, 1.54) is 31.2 Å². The Balaban J connectivity index is 1.89. The van der Waals surface area contributed by atoms with E-state index in [0.29, 0.717) is 28.6 Å². The van der Waals surface area contributed by atoms with E-state index >= 15 is 0 Å². The van der Waals surface area contributed by atoms with Crippen molar-refractivity contribution in [3.63, 3.8) is 0 Å². The number of amides is 2. The molecule has 0 saturated carbocycles. The Hall–Kier alpha value is -3.56. The number of halogens is 1. The van der Waals surface area contributed by atoms with Gasteiger partial charge in [0, 0.05) is 23.2 Å². The smallest absolute Gasteiger partial charge is 0.261 e. The Morgan fingerprint density at radius 1 is 0.939 bits per heavy atom. The van der Waals surface area contributed by atoms with Gasteiger partial charge >= 0.3 is 0 Å². The van der Waals surface area contributed by atoms with E-state index in [9.17, 15) is 18.0 Å². The van der Waals surface area contributed by atoms with E-state index in [1.807, 2.05) is 0 Å². The SMILES string of the molecule is CCOc1ccc(S(=O)(=O)Nc2cccc(NC(C)=O)c2)cc1NC(=O)c1ccc(Cl)cc1. The van der Waals surface area contributed by atoms with Gasteiger partial charge in [-0.1, -0.05) is 17.7 Å². The number of hydrogen-bond acceptors (Lipinski definition) is 5. The van der Waals surface area contributed by atoms with E-state index < -0.39 is 15.9 Å². The average Bonchev–Trinajstić information content (AvgIpc) is 2.75. The maximum atomic E-state index is 13.0. The molecule has 0 heterocycles. The highest BCUT2D eigenvalue weighted by Gasteiger charge is 2.19. The molecule has 0 radical (unpaired) electrons. The normalized spacial score (nSPS) is 10.9. The molecule has 3 aromatic carbocycles. The van der Waals surface area contributed by atoms with Gasteiger partial charge in [0.15, 0.2) is 0 Å². The van der Waals surface area contributed by atoms with E-state index in [4.69, 9.17) is 16.3 Å². The molecule has 3 rings (SSSR count). The summed E-state index contributed by atoms with van der Waals surface area (Å²) in [5.74, 6) is -0.396. The summed E-state index contributed by atoms with van der Waals surface area (Å²) in [6.45, 7) is 3.46. The first-order valence-electron chi connectivity index (χ1n) is 9.92. The van der Waals surface area contributed by atoms with Crippen LogP contribution in [0.3, 0.4) is 0 Å². The van der Waals surface area contributed by atoms with Crippen LogP contribution in [-0.2, 0) is 14.8 Å². The van der Waals surface area contributed by atoms with Crippen molar-refractivity contribution in [3.05, 3.63) is 77.3 Å². The van der Waals surface area contributed by atoms with Crippen LogP contribution in [0.1, 0.15) is 24.2 Å². The van der Waals surface area contributed by atoms with Crippen LogP contribution < -0.4 is 20.1 Å². The highest BCUT2D eigenvalue weighted by Crippen LogP contribution is 2.30. The highest BCUT2D eigenvalue weighted by atomic mass is 35.5. The van der Waals surface area contributed by atoms with E-state index in [2.05, 4.69) is 15.4 Å². The Kier molecular flexibility index (Phi) is 7.57. The van der Waals surface area contributed by atoms with E-state index in [-0.39, 0.29) is 22.2 Å². The second-order valence-corrected chi connectivity index (χ2v) is 9.04. The number of hydrogen-bond donors (Lipinski definition) is 3. The van der Waals surface area contributed by atoms with Gasteiger partial charge in [0.2, 0.25) is 5.91 Å². The number of carbonyl (C=O) groups excluding carboxylic acids is 2. The molecule has 0 bridgehead atoms. The predicted molar refractivity (Wildman–Crippen MR) is 129 cm³/mol. The summed E-state index contributed by atoms with van der Waals surface area (Å²) >= 11 is 5.87. The average molecular weight is 488 g/mol. The first-order chi connectivity index (χ1) is 15.7. The summed E-state index contributed by atoms with van der Waals surface area (Å²) in [4.78, 5) is 23.8. The van der Waals surface area contributed by atoms with Gasteiger partial charge in [0.05, 0.1) is 22.9 Å². The van der Waals surface area contributed by atoms with Crippen LogP contribution in [0.4, 0.5) is 17.1 Å². The molecule has 3 N–H and O–H groups in total. The van der Waals surface area contributed by atoms with Crippen molar-refractivity contribution < 1.29 is 22.7 Å². The maximum absolute atomic E-state index is 13.0. The zero-order valence-corrected chi connectivity index (χ0v) is 19.5. The van der Waals surface area contributed by atoms with Crippen LogP contribution in [-0.4, -0.2) is 26.8 Å². The molecule has 2 amide bonds. The first kappa shape index (κ1) is 24.1. The van der Waals surface area contributed by atoms with Crippen LogP contribution in [0.15, 0.2) is 71.6 Å². The van der Waals surface area contributed by atoms with Crippen LogP contribution in [0, 0.1) is 0 Å². The number of benzene rings is 3. The number of sulfonamides is 1. The fourth-order valence-electron chi connectivity index (χ4n) is 2.93. The standard InChI is InChI=1S/C23H22ClN3O5S/c1-3-32-22-12-11-20(14-21(22)26-23(29)16-7-9-17(24)10-8-16)33(30,31)27-19-6-4-5-18(13-19)25-15(2)28/h4-14,27H,3H2,1-2H3,(H,25,28)(H,26,29). The lowest BCUT2D eigenvalue weighted by atomic mass is 10.2. The maximum Gasteiger partial charge on any atom is 0.261 e. The van der Waals surface area contributed by atoms with E-state index in [1.54, 1.807) is 49.4 Å². The summed E-state index contributed by atoms with van der Waals surface area (Å²) in [6.07, 6.45) is 0. The van der Waals surface area contributed by atoms with Crippen molar-refractivity contribution in [3.8, 4) is 5.75 Å². The molecule has 0 spiro atoms. The molecule has 0 atom stereocenters. The molecule has 172 valence electrons. The lowest BCUT2D eigenvalue weighted by Gasteiger charge is -2.15. The summed E-state index contributed by atoms with van der Waals surface area (Å²) in [5, 5.41) is 5.78. The molecule has 10 heteroatoms. The summed E-state index contributed by atoms with van der Waals surface area (Å²) in [5.41, 5.74) is 1.27. The fraction of sp³-hybridized carbons (Fsp3) is 0.130. The van der Waals surface area contributed by atoms with Gasteiger partial charge in [-0.2, -0.15) is 0 Å². The van der Waals surface area contributed by atoms with Crippen molar-refractivity contribution in [2.75, 3.05) is 22.0 Å². The number of carbonyl (C=O) groups is 2. The topological polar surface area (TPSA) is 114 Å². The van der Waals surface area contributed by atoms with Gasteiger partial charge in [-0.25, -0.2) is 8.42 Å². The molecule has 3 aromatic rings. The summed E-state index contributed by atoms with van der Waals surface area (Å²) < 4.78 is 34.0. The molecular weight excluding hydrogens is 466 g/mol. The minimum absolute atomic E-state index is 0.0812. The van der Waals surface area contributed by atoms with Gasteiger partial charge in [0.1, 0.15) is 5.75 Å².